The van der Waals surface area contributed by atoms with E-state index < -0.39 is 0 Å². The van der Waals surface area contributed by atoms with Crippen LogP contribution in [0.1, 0.15) is 23.1 Å². The van der Waals surface area contributed by atoms with Crippen molar-refractivity contribution in [3.63, 3.8) is 0 Å². The van der Waals surface area contributed by atoms with Gasteiger partial charge < -0.3 is 9.30 Å². The Kier molecular flexibility index (Phi) is 6.42. The Hall–Kier alpha value is -2.02. The molecule has 1 heterocycles. The minimum absolute atomic E-state index is 0.00976. The predicted octanol–water partition coefficient (Wildman–Crippen LogP) is 5.06. The molecule has 0 bridgehead atoms. The molecule has 1 atom stereocenters. The van der Waals surface area contributed by atoms with Crippen molar-refractivity contribution >= 4 is 40.7 Å². The number of benzene rings is 2. The zero-order valence-electron chi connectivity index (χ0n) is 14.7. The lowest BCUT2D eigenvalue weighted by atomic mass is 10.1. The predicted molar refractivity (Wildman–Crippen MR) is 108 cm³/mol. The lowest BCUT2D eigenvalue weighted by Crippen LogP contribution is -2.14. The molecular formula is C19H17Cl2N3O2S. The number of carbonyl (C=O) groups excluding carboxylic acids is 1. The fourth-order valence-corrected chi connectivity index (χ4v) is 3.57. The number of hydrogen-bond donors (Lipinski definition) is 0. The molecule has 0 aliphatic rings. The third-order valence-corrected chi connectivity index (χ3v) is 5.49. The Labute approximate surface area is 171 Å². The summed E-state index contributed by atoms with van der Waals surface area (Å²) in [6.07, 6.45) is 0. The number of carbonyl (C=O) groups is 1. The quantitative estimate of drug-likeness (QED) is 0.393. The van der Waals surface area contributed by atoms with Crippen LogP contribution in [0.5, 0.6) is 5.75 Å². The molecule has 140 valence electrons. The summed E-state index contributed by atoms with van der Waals surface area (Å²) in [6.45, 7) is 2.11. The molecular weight excluding hydrogens is 405 g/mol. The zero-order valence-corrected chi connectivity index (χ0v) is 17.1. The average molecular weight is 422 g/mol. The Morgan fingerprint density at radius 3 is 2.59 bits per heavy atom. The summed E-state index contributed by atoms with van der Waals surface area (Å²) >= 11 is 13.2. The van der Waals surface area contributed by atoms with Crippen molar-refractivity contribution in [1.29, 1.82) is 0 Å². The minimum Gasteiger partial charge on any atom is -0.486 e. The van der Waals surface area contributed by atoms with Gasteiger partial charge in [0.1, 0.15) is 12.4 Å². The van der Waals surface area contributed by atoms with Crippen molar-refractivity contribution in [2.45, 2.75) is 23.9 Å². The minimum atomic E-state index is -0.323. The molecule has 3 aromatic rings. The second-order valence-corrected chi connectivity index (χ2v) is 8.02. The highest BCUT2D eigenvalue weighted by molar-refractivity contribution is 8.00. The van der Waals surface area contributed by atoms with Crippen LogP contribution in [0.15, 0.2) is 53.7 Å². The van der Waals surface area contributed by atoms with Crippen molar-refractivity contribution in [2.75, 3.05) is 0 Å². The standard InChI is InChI=1S/C19H17Cl2N3O2S/c1-12(18(25)13-4-3-5-15(21)10-13)27-19-23-22-17(24(19)2)11-26-16-8-6-14(20)7-9-16/h3-10,12H,11H2,1-2H3. The molecule has 27 heavy (non-hydrogen) atoms. The molecule has 0 N–H and O–H groups in total. The maximum Gasteiger partial charge on any atom is 0.191 e. The normalized spacial score (nSPS) is 12.0. The third-order valence-electron chi connectivity index (χ3n) is 3.87. The van der Waals surface area contributed by atoms with E-state index in [1.165, 1.54) is 11.8 Å². The summed E-state index contributed by atoms with van der Waals surface area (Å²) in [4.78, 5) is 12.6. The SMILES string of the molecule is CC(Sc1nnc(COc2ccc(Cl)cc2)n1C)C(=O)c1cccc(Cl)c1. The largest absolute Gasteiger partial charge is 0.486 e. The van der Waals surface area contributed by atoms with E-state index in [0.29, 0.717) is 32.3 Å². The summed E-state index contributed by atoms with van der Waals surface area (Å²) < 4.78 is 7.53. The highest BCUT2D eigenvalue weighted by Gasteiger charge is 2.20. The highest BCUT2D eigenvalue weighted by Crippen LogP contribution is 2.25. The number of aromatic nitrogens is 3. The van der Waals surface area contributed by atoms with Gasteiger partial charge in [-0.3, -0.25) is 4.79 Å². The molecule has 3 rings (SSSR count). The first kappa shape index (κ1) is 19.7. The van der Waals surface area contributed by atoms with Crippen LogP contribution in [-0.2, 0) is 13.7 Å². The number of halogens is 2. The molecule has 0 radical (unpaired) electrons. The lowest BCUT2D eigenvalue weighted by molar-refractivity contribution is 0.0994. The summed E-state index contributed by atoms with van der Waals surface area (Å²) in [5.74, 6) is 1.35. The van der Waals surface area contributed by atoms with Gasteiger partial charge in [-0.1, -0.05) is 47.1 Å². The van der Waals surface area contributed by atoms with Crippen LogP contribution in [0.3, 0.4) is 0 Å². The highest BCUT2D eigenvalue weighted by atomic mass is 35.5. The van der Waals surface area contributed by atoms with Crippen LogP contribution in [0, 0.1) is 0 Å². The van der Waals surface area contributed by atoms with Gasteiger partial charge in [0.05, 0.1) is 5.25 Å². The fourth-order valence-electron chi connectivity index (χ4n) is 2.34. The summed E-state index contributed by atoms with van der Waals surface area (Å²) in [7, 11) is 1.85. The Morgan fingerprint density at radius 2 is 1.89 bits per heavy atom. The van der Waals surface area contributed by atoms with Gasteiger partial charge in [-0.15, -0.1) is 10.2 Å². The van der Waals surface area contributed by atoms with E-state index >= 15 is 0 Å². The second-order valence-electron chi connectivity index (χ2n) is 5.84. The van der Waals surface area contributed by atoms with Gasteiger partial charge in [0, 0.05) is 22.7 Å². The molecule has 8 heteroatoms. The molecule has 0 saturated carbocycles. The van der Waals surface area contributed by atoms with Crippen LogP contribution in [0.2, 0.25) is 10.0 Å². The van der Waals surface area contributed by atoms with Crippen LogP contribution < -0.4 is 4.74 Å². The van der Waals surface area contributed by atoms with Crippen molar-refractivity contribution in [3.05, 3.63) is 70.0 Å². The number of ketones is 1. The molecule has 0 spiro atoms. The monoisotopic (exact) mass is 421 g/mol. The Balaban J connectivity index is 1.64. The van der Waals surface area contributed by atoms with Gasteiger partial charge in [0.15, 0.2) is 16.8 Å². The van der Waals surface area contributed by atoms with Crippen molar-refractivity contribution in [3.8, 4) is 5.75 Å². The molecule has 1 aromatic heterocycles. The van der Waals surface area contributed by atoms with Crippen LogP contribution in [-0.4, -0.2) is 25.8 Å². The van der Waals surface area contributed by atoms with Crippen molar-refractivity contribution in [1.82, 2.24) is 14.8 Å². The van der Waals surface area contributed by atoms with E-state index in [1.807, 2.05) is 18.5 Å². The molecule has 1 unspecified atom stereocenters. The third kappa shape index (κ3) is 5.03. The van der Waals surface area contributed by atoms with Gasteiger partial charge in [0.2, 0.25) is 0 Å². The first-order valence-corrected chi connectivity index (χ1v) is 9.80. The topological polar surface area (TPSA) is 57.0 Å². The van der Waals surface area contributed by atoms with Crippen molar-refractivity contribution < 1.29 is 9.53 Å². The summed E-state index contributed by atoms with van der Waals surface area (Å²) in [5.41, 5.74) is 0.580. The van der Waals surface area contributed by atoms with Gasteiger partial charge in [-0.2, -0.15) is 0 Å². The molecule has 0 aliphatic carbocycles. The molecule has 2 aromatic carbocycles. The second kappa shape index (κ2) is 8.78. The Bertz CT molecular complexity index is 944. The summed E-state index contributed by atoms with van der Waals surface area (Å²) in [6, 6.07) is 14.0. The molecule has 5 nitrogen and oxygen atoms in total. The number of Topliss-reactive ketones (excluding diaryl/α,β-unsaturated/α-hetero) is 1. The van der Waals surface area contributed by atoms with E-state index in [0.717, 1.165) is 0 Å². The molecule has 0 amide bonds. The van der Waals surface area contributed by atoms with E-state index in [-0.39, 0.29) is 17.6 Å². The smallest absolute Gasteiger partial charge is 0.191 e. The van der Waals surface area contributed by atoms with Gasteiger partial charge in [-0.25, -0.2) is 0 Å². The van der Waals surface area contributed by atoms with Crippen LogP contribution >= 0.6 is 35.0 Å². The van der Waals surface area contributed by atoms with E-state index in [9.17, 15) is 4.79 Å². The average Bonchev–Trinajstić information content (AvgIpc) is 3.00. The number of ether oxygens (including phenoxy) is 1. The molecule has 0 saturated heterocycles. The zero-order chi connectivity index (χ0) is 19.4. The number of nitrogens with zero attached hydrogens (tertiary/aromatic N) is 3. The lowest BCUT2D eigenvalue weighted by Gasteiger charge is -2.10. The Morgan fingerprint density at radius 1 is 1.15 bits per heavy atom. The fraction of sp³-hybridized carbons (Fsp3) is 0.211. The molecule has 0 fully saturated rings. The number of thioether (sulfide) groups is 1. The first-order valence-electron chi connectivity index (χ1n) is 8.17. The first-order chi connectivity index (χ1) is 12.9. The van der Waals surface area contributed by atoms with Crippen LogP contribution in [0.25, 0.3) is 0 Å². The maximum atomic E-state index is 12.6. The molecule has 0 aliphatic heterocycles. The van der Waals surface area contributed by atoms with E-state index in [2.05, 4.69) is 10.2 Å². The number of rotatable bonds is 7. The van der Waals surface area contributed by atoms with Gasteiger partial charge in [0.25, 0.3) is 0 Å². The maximum absolute atomic E-state index is 12.6. The van der Waals surface area contributed by atoms with Gasteiger partial charge >= 0.3 is 0 Å². The number of hydrogen-bond acceptors (Lipinski definition) is 5. The summed E-state index contributed by atoms with van der Waals surface area (Å²) in [5, 5.41) is 9.84. The van der Waals surface area contributed by atoms with E-state index in [4.69, 9.17) is 27.9 Å². The van der Waals surface area contributed by atoms with Gasteiger partial charge in [-0.05, 0) is 43.3 Å². The van der Waals surface area contributed by atoms with Crippen LogP contribution in [0.4, 0.5) is 0 Å². The van der Waals surface area contributed by atoms with E-state index in [1.54, 1.807) is 48.5 Å². The van der Waals surface area contributed by atoms with Crippen molar-refractivity contribution in [2.24, 2.45) is 7.05 Å².